The molecule has 2 rings (SSSR count). The first kappa shape index (κ1) is 11.3. The van der Waals surface area contributed by atoms with Gasteiger partial charge in [0.05, 0.1) is 16.1 Å². The summed E-state index contributed by atoms with van der Waals surface area (Å²) < 4.78 is 0. The van der Waals surface area contributed by atoms with Crippen molar-refractivity contribution in [3.8, 4) is 10.4 Å². The topological polar surface area (TPSA) is 24.9 Å². The molecule has 1 aromatic heterocycles. The lowest BCUT2D eigenvalue weighted by Gasteiger charge is -2.03. The van der Waals surface area contributed by atoms with Crippen molar-refractivity contribution < 1.29 is 0 Å². The van der Waals surface area contributed by atoms with Crippen molar-refractivity contribution in [2.24, 2.45) is 0 Å². The summed E-state index contributed by atoms with van der Waals surface area (Å²) in [6.07, 6.45) is 1.09. The summed E-state index contributed by atoms with van der Waals surface area (Å²) in [4.78, 5) is 5.66. The number of hydrogen-bond donors (Lipinski definition) is 1. The molecule has 0 aliphatic heterocycles. The number of benzene rings is 1. The van der Waals surface area contributed by atoms with Crippen LogP contribution in [0.1, 0.15) is 18.2 Å². The molecule has 1 N–H and O–H groups in total. The Morgan fingerprint density at radius 3 is 2.62 bits per heavy atom. The third kappa shape index (κ3) is 2.31. The van der Waals surface area contributed by atoms with Crippen molar-refractivity contribution in [1.29, 1.82) is 0 Å². The van der Waals surface area contributed by atoms with E-state index < -0.39 is 0 Å². The van der Waals surface area contributed by atoms with Gasteiger partial charge in [-0.2, -0.15) is 0 Å². The Morgan fingerprint density at radius 1 is 1.25 bits per heavy atom. The van der Waals surface area contributed by atoms with Crippen LogP contribution in [0.3, 0.4) is 0 Å². The van der Waals surface area contributed by atoms with Gasteiger partial charge in [-0.25, -0.2) is 4.98 Å². The van der Waals surface area contributed by atoms with Crippen molar-refractivity contribution in [3.05, 3.63) is 41.0 Å². The van der Waals surface area contributed by atoms with E-state index in [2.05, 4.69) is 41.5 Å². The summed E-state index contributed by atoms with van der Waals surface area (Å²) in [6.45, 7) is 3.00. The zero-order chi connectivity index (χ0) is 11.4. The maximum Gasteiger partial charge on any atom is 0.0802 e. The molecule has 0 aliphatic rings. The highest BCUT2D eigenvalue weighted by atomic mass is 32.1. The molecule has 2 aromatic rings. The molecule has 1 aromatic carbocycles. The van der Waals surface area contributed by atoms with Crippen LogP contribution in [0.15, 0.2) is 29.8 Å². The summed E-state index contributed by atoms with van der Waals surface area (Å²) in [5.41, 5.74) is 5.69. The van der Waals surface area contributed by atoms with Crippen LogP contribution in [0, 0.1) is 0 Å². The number of nitrogens with zero attached hydrogens (tertiary/aromatic N) is 1. The van der Waals surface area contributed by atoms with E-state index in [1.54, 1.807) is 11.3 Å². The molecule has 3 heteroatoms. The molecule has 84 valence electrons. The van der Waals surface area contributed by atoms with Crippen LogP contribution >= 0.6 is 11.3 Å². The van der Waals surface area contributed by atoms with Gasteiger partial charge in [-0.15, -0.1) is 11.3 Å². The predicted molar refractivity (Wildman–Crippen MR) is 69.7 cm³/mol. The Labute approximate surface area is 100 Å². The zero-order valence-electron chi connectivity index (χ0n) is 9.66. The van der Waals surface area contributed by atoms with Crippen molar-refractivity contribution in [1.82, 2.24) is 10.3 Å². The second kappa shape index (κ2) is 5.23. The number of nitrogens with one attached hydrogen (secondary N) is 1. The largest absolute Gasteiger partial charge is 0.314 e. The Balaban J connectivity index is 2.31. The maximum atomic E-state index is 4.38. The fourth-order valence-electron chi connectivity index (χ4n) is 1.69. The van der Waals surface area contributed by atoms with Crippen LogP contribution in [-0.4, -0.2) is 12.0 Å². The molecule has 0 amide bonds. The molecule has 0 spiro atoms. The molecule has 2 nitrogen and oxygen atoms in total. The standard InChI is InChI=1S/C13H16N2S/c1-3-10-4-6-11(7-5-10)13-12(8-14-2)15-9-16-13/h4-7,9,14H,3,8H2,1-2H3. The van der Waals surface area contributed by atoms with Crippen LogP contribution in [-0.2, 0) is 13.0 Å². The lowest BCUT2D eigenvalue weighted by atomic mass is 10.1. The molecule has 0 saturated heterocycles. The SMILES string of the molecule is CCc1ccc(-c2scnc2CNC)cc1. The Bertz CT molecular complexity index is 445. The van der Waals surface area contributed by atoms with Crippen LogP contribution < -0.4 is 5.32 Å². The minimum absolute atomic E-state index is 0.828. The van der Waals surface area contributed by atoms with Crippen LogP contribution in [0.5, 0.6) is 0 Å². The quantitative estimate of drug-likeness (QED) is 0.876. The molecule has 0 fully saturated rings. The van der Waals surface area contributed by atoms with Gasteiger partial charge in [-0.1, -0.05) is 31.2 Å². The molecular formula is C13H16N2S. The highest BCUT2D eigenvalue weighted by Crippen LogP contribution is 2.27. The minimum atomic E-state index is 0.828. The predicted octanol–water partition coefficient (Wildman–Crippen LogP) is 3.09. The van der Waals surface area contributed by atoms with E-state index in [1.165, 1.54) is 16.0 Å². The first-order valence-electron chi connectivity index (χ1n) is 5.51. The lowest BCUT2D eigenvalue weighted by Crippen LogP contribution is -2.06. The zero-order valence-corrected chi connectivity index (χ0v) is 10.5. The number of rotatable bonds is 4. The number of thiazole rings is 1. The summed E-state index contributed by atoms with van der Waals surface area (Å²) in [5, 5.41) is 3.15. The Morgan fingerprint density at radius 2 is 2.00 bits per heavy atom. The molecule has 0 aliphatic carbocycles. The van der Waals surface area contributed by atoms with E-state index in [0.29, 0.717) is 0 Å². The Kier molecular flexibility index (Phi) is 3.70. The normalized spacial score (nSPS) is 10.6. The van der Waals surface area contributed by atoms with Crippen molar-refractivity contribution in [3.63, 3.8) is 0 Å². The molecule has 0 saturated carbocycles. The smallest absolute Gasteiger partial charge is 0.0802 e. The van der Waals surface area contributed by atoms with Crippen molar-refractivity contribution >= 4 is 11.3 Å². The van der Waals surface area contributed by atoms with Crippen LogP contribution in [0.2, 0.25) is 0 Å². The van der Waals surface area contributed by atoms with Gasteiger partial charge in [-0.05, 0) is 24.6 Å². The van der Waals surface area contributed by atoms with E-state index in [4.69, 9.17) is 0 Å². The lowest BCUT2D eigenvalue weighted by molar-refractivity contribution is 0.799. The molecule has 16 heavy (non-hydrogen) atoms. The van der Waals surface area contributed by atoms with E-state index in [1.807, 2.05) is 12.6 Å². The van der Waals surface area contributed by atoms with Gasteiger partial charge in [0.2, 0.25) is 0 Å². The molecular weight excluding hydrogens is 216 g/mol. The molecule has 0 unspecified atom stereocenters. The number of aromatic nitrogens is 1. The third-order valence-electron chi connectivity index (χ3n) is 2.61. The van der Waals surface area contributed by atoms with Gasteiger partial charge < -0.3 is 5.32 Å². The highest BCUT2D eigenvalue weighted by Gasteiger charge is 2.07. The van der Waals surface area contributed by atoms with E-state index in [-0.39, 0.29) is 0 Å². The van der Waals surface area contributed by atoms with Gasteiger partial charge in [0.15, 0.2) is 0 Å². The Hall–Kier alpha value is -1.19. The third-order valence-corrected chi connectivity index (χ3v) is 3.53. The van der Waals surface area contributed by atoms with Gasteiger partial charge >= 0.3 is 0 Å². The van der Waals surface area contributed by atoms with Gasteiger partial charge in [0.1, 0.15) is 0 Å². The monoisotopic (exact) mass is 232 g/mol. The average molecular weight is 232 g/mol. The highest BCUT2D eigenvalue weighted by molar-refractivity contribution is 7.13. The molecule has 0 bridgehead atoms. The summed E-state index contributed by atoms with van der Waals surface area (Å²) in [7, 11) is 1.95. The van der Waals surface area contributed by atoms with E-state index >= 15 is 0 Å². The first-order valence-corrected chi connectivity index (χ1v) is 6.39. The van der Waals surface area contributed by atoms with Gasteiger partial charge in [0, 0.05) is 6.54 Å². The number of hydrogen-bond acceptors (Lipinski definition) is 3. The molecule has 0 atom stereocenters. The minimum Gasteiger partial charge on any atom is -0.314 e. The maximum absolute atomic E-state index is 4.38. The van der Waals surface area contributed by atoms with Crippen molar-refractivity contribution in [2.45, 2.75) is 19.9 Å². The fraction of sp³-hybridized carbons (Fsp3) is 0.308. The summed E-state index contributed by atoms with van der Waals surface area (Å²) in [5.74, 6) is 0. The van der Waals surface area contributed by atoms with Crippen LogP contribution in [0.25, 0.3) is 10.4 Å². The fourth-order valence-corrected chi connectivity index (χ4v) is 2.51. The van der Waals surface area contributed by atoms with E-state index in [0.717, 1.165) is 18.7 Å². The van der Waals surface area contributed by atoms with Gasteiger partial charge in [0.25, 0.3) is 0 Å². The molecule has 1 heterocycles. The summed E-state index contributed by atoms with van der Waals surface area (Å²) in [6, 6.07) is 8.76. The average Bonchev–Trinajstić information content (AvgIpc) is 2.78. The second-order valence-electron chi connectivity index (χ2n) is 3.71. The first-order chi connectivity index (χ1) is 7.85. The summed E-state index contributed by atoms with van der Waals surface area (Å²) >= 11 is 1.70. The van der Waals surface area contributed by atoms with Gasteiger partial charge in [-0.3, -0.25) is 0 Å². The van der Waals surface area contributed by atoms with Crippen molar-refractivity contribution in [2.75, 3.05) is 7.05 Å². The molecule has 0 radical (unpaired) electrons. The van der Waals surface area contributed by atoms with E-state index in [9.17, 15) is 0 Å². The van der Waals surface area contributed by atoms with Crippen LogP contribution in [0.4, 0.5) is 0 Å². The second-order valence-corrected chi connectivity index (χ2v) is 4.56. The number of aryl methyl sites for hydroxylation is 1.